The van der Waals surface area contributed by atoms with Crippen molar-refractivity contribution < 1.29 is 22.7 Å². The van der Waals surface area contributed by atoms with E-state index in [2.05, 4.69) is 5.32 Å². The number of nitrogens with two attached hydrogens (primary N) is 1. The number of halogens is 3. The first-order chi connectivity index (χ1) is 9.05. The van der Waals surface area contributed by atoms with Crippen LogP contribution in [0.4, 0.5) is 24.5 Å². The van der Waals surface area contributed by atoms with Crippen LogP contribution in [0.25, 0.3) is 0 Å². The number of alkyl halides is 3. The largest absolute Gasteiger partial charge is 0.418 e. The monoisotopic (exact) mass is 290 g/mol. The summed E-state index contributed by atoms with van der Waals surface area (Å²) in [6, 6.07) is 3.22. The normalized spacial score (nSPS) is 12.3. The Morgan fingerprint density at radius 3 is 2.45 bits per heavy atom. The molecule has 0 fully saturated rings. The highest BCUT2D eigenvalue weighted by Crippen LogP contribution is 2.36. The van der Waals surface area contributed by atoms with E-state index in [0.717, 1.165) is 12.1 Å². The van der Waals surface area contributed by atoms with Crippen molar-refractivity contribution in [2.45, 2.75) is 32.0 Å². The molecule has 0 heterocycles. The lowest BCUT2D eigenvalue weighted by Crippen LogP contribution is -2.30. The highest BCUT2D eigenvalue weighted by Gasteiger charge is 2.34. The second kappa shape index (κ2) is 5.70. The second-order valence-electron chi connectivity index (χ2n) is 4.99. The van der Waals surface area contributed by atoms with Crippen LogP contribution in [-0.2, 0) is 15.7 Å². The Morgan fingerprint density at radius 2 is 1.95 bits per heavy atom. The van der Waals surface area contributed by atoms with Gasteiger partial charge in [-0.2, -0.15) is 13.2 Å². The van der Waals surface area contributed by atoms with E-state index in [0.29, 0.717) is 0 Å². The molecule has 20 heavy (non-hydrogen) atoms. The first-order valence-electron chi connectivity index (χ1n) is 5.87. The molecule has 3 N–H and O–H groups in total. The van der Waals surface area contributed by atoms with Gasteiger partial charge in [-0.25, -0.2) is 0 Å². The third kappa shape index (κ3) is 4.41. The van der Waals surface area contributed by atoms with Crippen LogP contribution in [0.1, 0.15) is 25.8 Å². The van der Waals surface area contributed by atoms with Gasteiger partial charge in [0.05, 0.1) is 23.3 Å². The lowest BCUT2D eigenvalue weighted by atomic mass is 10.0. The Bertz CT molecular complexity index is 499. The number of amides is 1. The van der Waals surface area contributed by atoms with Crippen molar-refractivity contribution in [3.63, 3.8) is 0 Å². The molecule has 7 heteroatoms. The van der Waals surface area contributed by atoms with Crippen LogP contribution in [0.15, 0.2) is 18.2 Å². The van der Waals surface area contributed by atoms with Crippen LogP contribution in [0.3, 0.4) is 0 Å². The van der Waals surface area contributed by atoms with Crippen molar-refractivity contribution in [3.8, 4) is 0 Å². The maximum atomic E-state index is 12.9. The number of anilines is 2. The average Bonchev–Trinajstić information content (AvgIpc) is 2.29. The summed E-state index contributed by atoms with van der Waals surface area (Å²) in [4.78, 5) is 11.8. The Balaban J connectivity index is 2.96. The van der Waals surface area contributed by atoms with Gasteiger partial charge in [0.25, 0.3) is 0 Å². The van der Waals surface area contributed by atoms with Crippen molar-refractivity contribution in [2.24, 2.45) is 0 Å². The van der Waals surface area contributed by atoms with E-state index >= 15 is 0 Å². The number of benzene rings is 1. The van der Waals surface area contributed by atoms with Gasteiger partial charge in [-0.05, 0) is 32.0 Å². The van der Waals surface area contributed by atoms with Gasteiger partial charge < -0.3 is 15.8 Å². The molecule has 0 saturated heterocycles. The minimum Gasteiger partial charge on any atom is -0.399 e. The zero-order valence-corrected chi connectivity index (χ0v) is 11.5. The van der Waals surface area contributed by atoms with Crippen LogP contribution in [0.5, 0.6) is 0 Å². The molecule has 1 amide bonds. The topological polar surface area (TPSA) is 64.3 Å². The number of carbonyl (C=O) groups excluding carboxylic acids is 1. The average molecular weight is 290 g/mol. The Kier molecular flexibility index (Phi) is 4.65. The van der Waals surface area contributed by atoms with Gasteiger partial charge in [-0.1, -0.05) is 0 Å². The number of hydrogen-bond donors (Lipinski definition) is 2. The predicted octanol–water partition coefficient (Wildman–Crippen LogP) is 3.04. The molecule has 0 radical (unpaired) electrons. The number of nitrogen functional groups attached to an aromatic ring is 1. The summed E-state index contributed by atoms with van der Waals surface area (Å²) in [6.45, 7) is 3.33. The summed E-state index contributed by atoms with van der Waals surface area (Å²) in [5, 5.41) is 2.24. The fourth-order valence-electron chi connectivity index (χ4n) is 1.56. The highest BCUT2D eigenvalue weighted by atomic mass is 19.4. The molecule has 1 rings (SSSR count). The molecule has 1 aromatic carbocycles. The second-order valence-corrected chi connectivity index (χ2v) is 4.99. The van der Waals surface area contributed by atoms with Crippen LogP contribution >= 0.6 is 0 Å². The summed E-state index contributed by atoms with van der Waals surface area (Å²) >= 11 is 0. The zero-order chi connectivity index (χ0) is 15.6. The zero-order valence-electron chi connectivity index (χ0n) is 11.5. The molecule has 0 spiro atoms. The number of carbonyl (C=O) groups is 1. The molecule has 0 bridgehead atoms. The Morgan fingerprint density at radius 1 is 1.35 bits per heavy atom. The van der Waals surface area contributed by atoms with Crippen molar-refractivity contribution in [1.82, 2.24) is 0 Å². The number of hydrogen-bond acceptors (Lipinski definition) is 3. The van der Waals surface area contributed by atoms with Gasteiger partial charge in [0.2, 0.25) is 5.91 Å². The maximum absolute atomic E-state index is 12.9. The van der Waals surface area contributed by atoms with Crippen LogP contribution in [-0.4, -0.2) is 18.6 Å². The molecular weight excluding hydrogens is 273 g/mol. The van der Waals surface area contributed by atoms with E-state index in [-0.39, 0.29) is 17.8 Å². The van der Waals surface area contributed by atoms with Gasteiger partial charge >= 0.3 is 6.18 Å². The van der Waals surface area contributed by atoms with Crippen molar-refractivity contribution in [3.05, 3.63) is 23.8 Å². The number of nitrogens with one attached hydrogen (secondary N) is 1. The number of methoxy groups -OCH3 is 1. The van der Waals surface area contributed by atoms with E-state index in [1.165, 1.54) is 13.2 Å². The molecule has 0 aromatic heterocycles. The molecule has 0 unspecified atom stereocenters. The minimum atomic E-state index is -4.59. The van der Waals surface area contributed by atoms with E-state index in [1.807, 2.05) is 0 Å². The Hall–Kier alpha value is -1.76. The predicted molar refractivity (Wildman–Crippen MR) is 70.2 cm³/mol. The Labute approximate surface area is 115 Å². The first kappa shape index (κ1) is 16.3. The summed E-state index contributed by atoms with van der Waals surface area (Å²) in [5.41, 5.74) is 3.28. The fraction of sp³-hybridized carbons (Fsp3) is 0.462. The molecule has 0 atom stereocenters. The van der Waals surface area contributed by atoms with Gasteiger partial charge in [0.1, 0.15) is 0 Å². The van der Waals surface area contributed by atoms with Gasteiger partial charge in [-0.15, -0.1) is 0 Å². The molecule has 0 aliphatic rings. The van der Waals surface area contributed by atoms with Crippen LogP contribution < -0.4 is 11.1 Å². The fourth-order valence-corrected chi connectivity index (χ4v) is 1.56. The van der Waals surface area contributed by atoms with Crippen LogP contribution in [0, 0.1) is 0 Å². The molecule has 1 aromatic rings. The third-order valence-electron chi connectivity index (χ3n) is 2.76. The van der Waals surface area contributed by atoms with E-state index in [1.54, 1.807) is 13.8 Å². The molecule has 0 aliphatic heterocycles. The maximum Gasteiger partial charge on any atom is 0.418 e. The van der Waals surface area contributed by atoms with Gasteiger partial charge in [0, 0.05) is 12.8 Å². The van der Waals surface area contributed by atoms with Gasteiger partial charge in [-0.3, -0.25) is 4.79 Å². The van der Waals surface area contributed by atoms with Crippen LogP contribution in [0.2, 0.25) is 0 Å². The molecule has 4 nitrogen and oxygen atoms in total. The summed E-state index contributed by atoms with van der Waals surface area (Å²) in [6.07, 6.45) is -4.65. The summed E-state index contributed by atoms with van der Waals surface area (Å²) in [5.74, 6) is -0.563. The molecule has 0 saturated carbocycles. The van der Waals surface area contributed by atoms with E-state index in [9.17, 15) is 18.0 Å². The van der Waals surface area contributed by atoms with Crippen molar-refractivity contribution >= 4 is 17.3 Å². The highest BCUT2D eigenvalue weighted by molar-refractivity contribution is 5.92. The van der Waals surface area contributed by atoms with Crippen molar-refractivity contribution in [1.29, 1.82) is 0 Å². The smallest absolute Gasteiger partial charge is 0.399 e. The molecular formula is C13H17F3N2O2. The quantitative estimate of drug-likeness (QED) is 0.838. The van der Waals surface area contributed by atoms with E-state index < -0.39 is 23.2 Å². The standard InChI is InChI=1S/C13H17F3N2O2/c1-12(2,20-3)7-11(19)18-10-5-4-8(17)6-9(10)13(14,15)16/h4-6H,7,17H2,1-3H3,(H,18,19). The lowest BCUT2D eigenvalue weighted by molar-refractivity contribution is -0.136. The third-order valence-corrected chi connectivity index (χ3v) is 2.76. The van der Waals surface area contributed by atoms with Crippen molar-refractivity contribution in [2.75, 3.05) is 18.2 Å². The summed E-state index contributed by atoms with van der Waals surface area (Å²) in [7, 11) is 1.43. The summed E-state index contributed by atoms with van der Waals surface area (Å²) < 4.78 is 43.6. The SMILES string of the molecule is COC(C)(C)CC(=O)Nc1ccc(N)cc1C(F)(F)F. The lowest BCUT2D eigenvalue weighted by Gasteiger charge is -2.22. The minimum absolute atomic E-state index is 0.0208. The first-order valence-corrected chi connectivity index (χ1v) is 5.87. The number of ether oxygens (including phenoxy) is 1. The van der Waals surface area contributed by atoms with E-state index in [4.69, 9.17) is 10.5 Å². The van der Waals surface area contributed by atoms with Gasteiger partial charge in [0.15, 0.2) is 0 Å². The molecule has 112 valence electrons. The molecule has 0 aliphatic carbocycles. The number of rotatable bonds is 4.